The molecule has 0 saturated carbocycles. The van der Waals surface area contributed by atoms with Crippen LogP contribution in [-0.2, 0) is 28.6 Å². The highest BCUT2D eigenvalue weighted by Gasteiger charge is 2.19. The molecule has 0 bridgehead atoms. The van der Waals surface area contributed by atoms with Crippen LogP contribution in [0.15, 0.2) is 48.6 Å². The fourth-order valence-electron chi connectivity index (χ4n) is 10.9. The van der Waals surface area contributed by atoms with Crippen LogP contribution in [0.4, 0.5) is 0 Å². The predicted molar refractivity (Wildman–Crippen MR) is 353 cm³/mol. The Morgan fingerprint density at radius 1 is 0.247 bits per heavy atom. The molecule has 1 atom stereocenters. The molecule has 474 valence electrons. The molecule has 0 N–H and O–H groups in total. The summed E-state index contributed by atoms with van der Waals surface area (Å²) in [5.41, 5.74) is 0. The van der Waals surface area contributed by atoms with Gasteiger partial charge in [0.05, 0.1) is 0 Å². The van der Waals surface area contributed by atoms with Gasteiger partial charge in [0.1, 0.15) is 13.2 Å². The first-order valence-corrected chi connectivity index (χ1v) is 36.1. The first kappa shape index (κ1) is 78.4. The molecule has 0 aliphatic heterocycles. The van der Waals surface area contributed by atoms with Gasteiger partial charge in [0, 0.05) is 19.3 Å². The summed E-state index contributed by atoms with van der Waals surface area (Å²) in [5, 5.41) is 0. The van der Waals surface area contributed by atoms with E-state index in [2.05, 4.69) is 69.4 Å². The van der Waals surface area contributed by atoms with Crippen LogP contribution in [0, 0.1) is 0 Å². The number of hydrogen-bond donors (Lipinski definition) is 0. The van der Waals surface area contributed by atoms with Crippen LogP contribution >= 0.6 is 0 Å². The third-order valence-electron chi connectivity index (χ3n) is 16.3. The summed E-state index contributed by atoms with van der Waals surface area (Å²) in [6, 6.07) is 0. The normalized spacial score (nSPS) is 12.3. The van der Waals surface area contributed by atoms with E-state index in [0.717, 1.165) is 77.0 Å². The van der Waals surface area contributed by atoms with Crippen LogP contribution in [-0.4, -0.2) is 37.2 Å². The Hall–Kier alpha value is -2.63. The molecule has 0 rings (SSSR count). The number of rotatable bonds is 67. The SMILES string of the molecule is CCCCCCC/C=C\C/C=C\C/C=C\CCCCCCCCC(=O)OC(COC(=O)CCCCCCCCCCCCC/C=C\CCCCCCCCCC)COC(=O)CCCCCCCCCCCCCCCCCCCCC. The van der Waals surface area contributed by atoms with E-state index < -0.39 is 6.10 Å². The summed E-state index contributed by atoms with van der Waals surface area (Å²) in [4.78, 5) is 38.5. The molecular formula is C75H138O6. The third kappa shape index (κ3) is 68.0. The topological polar surface area (TPSA) is 78.9 Å². The lowest BCUT2D eigenvalue weighted by molar-refractivity contribution is -0.167. The summed E-state index contributed by atoms with van der Waals surface area (Å²) in [7, 11) is 0. The average molecular weight is 1140 g/mol. The van der Waals surface area contributed by atoms with E-state index in [1.165, 1.54) is 276 Å². The van der Waals surface area contributed by atoms with Crippen LogP contribution in [0.2, 0.25) is 0 Å². The molecule has 81 heavy (non-hydrogen) atoms. The van der Waals surface area contributed by atoms with Crippen LogP contribution in [0.25, 0.3) is 0 Å². The molecule has 0 amide bonds. The van der Waals surface area contributed by atoms with E-state index >= 15 is 0 Å². The van der Waals surface area contributed by atoms with Gasteiger partial charge in [0.25, 0.3) is 0 Å². The molecular weight excluding hydrogens is 997 g/mol. The molecule has 0 spiro atoms. The van der Waals surface area contributed by atoms with Crippen molar-refractivity contribution >= 4 is 17.9 Å². The molecule has 0 aromatic carbocycles. The number of unbranched alkanes of at least 4 members (excludes halogenated alkanes) is 48. The smallest absolute Gasteiger partial charge is 0.306 e. The maximum absolute atomic E-state index is 13.0. The predicted octanol–water partition coefficient (Wildman–Crippen LogP) is 24.9. The average Bonchev–Trinajstić information content (AvgIpc) is 3.47. The Morgan fingerprint density at radius 2 is 0.444 bits per heavy atom. The van der Waals surface area contributed by atoms with Crippen molar-refractivity contribution in [2.24, 2.45) is 0 Å². The minimum atomic E-state index is -0.781. The van der Waals surface area contributed by atoms with Crippen LogP contribution in [0.3, 0.4) is 0 Å². The number of ether oxygens (including phenoxy) is 3. The zero-order valence-corrected chi connectivity index (χ0v) is 54.6. The van der Waals surface area contributed by atoms with Crippen molar-refractivity contribution < 1.29 is 28.6 Å². The monoisotopic (exact) mass is 1140 g/mol. The first-order chi connectivity index (χ1) is 40.0. The number of hydrogen-bond acceptors (Lipinski definition) is 6. The fourth-order valence-corrected chi connectivity index (χ4v) is 10.9. The second-order valence-electron chi connectivity index (χ2n) is 24.5. The van der Waals surface area contributed by atoms with E-state index in [4.69, 9.17) is 14.2 Å². The molecule has 6 nitrogen and oxygen atoms in total. The molecule has 1 unspecified atom stereocenters. The Bertz CT molecular complexity index is 1400. The lowest BCUT2D eigenvalue weighted by atomic mass is 10.0. The molecule has 0 radical (unpaired) electrons. The molecule has 0 aromatic heterocycles. The van der Waals surface area contributed by atoms with Gasteiger partial charge in [0.15, 0.2) is 6.10 Å². The molecule has 0 fully saturated rings. The van der Waals surface area contributed by atoms with Crippen LogP contribution in [0.5, 0.6) is 0 Å². The largest absolute Gasteiger partial charge is 0.462 e. The van der Waals surface area contributed by atoms with Crippen molar-refractivity contribution in [1.82, 2.24) is 0 Å². The minimum Gasteiger partial charge on any atom is -0.462 e. The van der Waals surface area contributed by atoms with Gasteiger partial charge < -0.3 is 14.2 Å². The maximum Gasteiger partial charge on any atom is 0.306 e. The highest BCUT2D eigenvalue weighted by Crippen LogP contribution is 2.18. The second kappa shape index (κ2) is 69.9. The van der Waals surface area contributed by atoms with E-state index in [0.29, 0.717) is 19.3 Å². The fraction of sp³-hybridized carbons (Fsp3) is 0.853. The van der Waals surface area contributed by atoms with Gasteiger partial charge in [-0.25, -0.2) is 0 Å². The summed E-state index contributed by atoms with van der Waals surface area (Å²) < 4.78 is 17.0. The highest BCUT2D eigenvalue weighted by atomic mass is 16.6. The summed E-state index contributed by atoms with van der Waals surface area (Å²) in [6.45, 7) is 6.69. The van der Waals surface area contributed by atoms with Gasteiger partial charge in [-0.05, 0) is 83.5 Å². The zero-order valence-electron chi connectivity index (χ0n) is 54.6. The Balaban J connectivity index is 4.35. The summed E-state index contributed by atoms with van der Waals surface area (Å²) in [5.74, 6) is -0.859. The van der Waals surface area contributed by atoms with Crippen molar-refractivity contribution in [3.05, 3.63) is 48.6 Å². The van der Waals surface area contributed by atoms with Gasteiger partial charge in [-0.1, -0.05) is 339 Å². The van der Waals surface area contributed by atoms with Crippen molar-refractivity contribution in [2.45, 2.75) is 399 Å². The van der Waals surface area contributed by atoms with Gasteiger partial charge in [0.2, 0.25) is 0 Å². The van der Waals surface area contributed by atoms with E-state index in [9.17, 15) is 14.4 Å². The van der Waals surface area contributed by atoms with Crippen molar-refractivity contribution in [2.75, 3.05) is 13.2 Å². The van der Waals surface area contributed by atoms with Gasteiger partial charge in [-0.15, -0.1) is 0 Å². The van der Waals surface area contributed by atoms with E-state index in [1.807, 2.05) is 0 Å². The van der Waals surface area contributed by atoms with Crippen molar-refractivity contribution in [3.8, 4) is 0 Å². The zero-order chi connectivity index (χ0) is 58.5. The minimum absolute atomic E-state index is 0.0743. The first-order valence-electron chi connectivity index (χ1n) is 36.1. The molecule has 0 aliphatic carbocycles. The molecule has 0 aromatic rings. The molecule has 0 aliphatic rings. The number of esters is 3. The number of carbonyl (C=O) groups excluding carboxylic acids is 3. The van der Waals surface area contributed by atoms with E-state index in [1.54, 1.807) is 0 Å². The summed E-state index contributed by atoms with van der Waals surface area (Å²) in [6.07, 6.45) is 88.5. The van der Waals surface area contributed by atoms with Gasteiger partial charge in [-0.2, -0.15) is 0 Å². The number of allylic oxidation sites excluding steroid dienone is 8. The molecule has 0 saturated heterocycles. The Labute approximate surface area is 505 Å². The van der Waals surface area contributed by atoms with Gasteiger partial charge in [-0.3, -0.25) is 14.4 Å². The molecule has 0 heterocycles. The van der Waals surface area contributed by atoms with Gasteiger partial charge >= 0.3 is 17.9 Å². The van der Waals surface area contributed by atoms with Crippen molar-refractivity contribution in [1.29, 1.82) is 0 Å². The summed E-state index contributed by atoms with van der Waals surface area (Å²) >= 11 is 0. The Kier molecular flexibility index (Phi) is 67.6. The lowest BCUT2D eigenvalue weighted by Gasteiger charge is -2.18. The van der Waals surface area contributed by atoms with Crippen LogP contribution < -0.4 is 0 Å². The Morgan fingerprint density at radius 3 is 0.704 bits per heavy atom. The lowest BCUT2D eigenvalue weighted by Crippen LogP contribution is -2.30. The second-order valence-corrected chi connectivity index (χ2v) is 24.5. The quantitative estimate of drug-likeness (QED) is 0.0261. The van der Waals surface area contributed by atoms with Crippen LogP contribution in [0.1, 0.15) is 393 Å². The molecule has 6 heteroatoms. The van der Waals surface area contributed by atoms with Crippen molar-refractivity contribution in [3.63, 3.8) is 0 Å². The standard InChI is InChI=1S/C75H138O6/c1-4-7-10-13-16-19-22-25-28-31-34-36-37-39-41-44-47-50-53-56-59-62-65-68-74(77)80-71-72(70-79-73(76)67-64-61-58-55-52-49-46-43-40-33-30-27-24-21-18-15-12-9-6-3)81-75(78)69-66-63-60-57-54-51-48-45-42-38-35-32-29-26-23-20-17-14-11-8-5-2/h23,26,31-32,34-35,42,45,72H,4-22,24-25,27-30,33,36-41,43-44,46-71H2,1-3H3/b26-23-,34-31-,35-32-,45-42-. The maximum atomic E-state index is 13.0. The number of carbonyl (C=O) groups is 3. The highest BCUT2D eigenvalue weighted by molar-refractivity contribution is 5.71. The third-order valence-corrected chi connectivity index (χ3v) is 16.3. The van der Waals surface area contributed by atoms with E-state index in [-0.39, 0.29) is 31.1 Å².